The molecular weight excluding hydrogens is 262 g/mol. The van der Waals surface area contributed by atoms with Gasteiger partial charge in [0.2, 0.25) is 11.8 Å². The summed E-state index contributed by atoms with van der Waals surface area (Å²) in [6.07, 6.45) is 1.90. The van der Waals surface area contributed by atoms with Gasteiger partial charge >= 0.3 is 0 Å². The monoisotopic (exact) mass is 271 g/mol. The summed E-state index contributed by atoms with van der Waals surface area (Å²) in [5, 5.41) is 0. The van der Waals surface area contributed by atoms with Crippen LogP contribution in [-0.2, 0) is 4.79 Å². The Morgan fingerprint density at radius 3 is 3.00 bits per heavy atom. The zero-order chi connectivity index (χ0) is 10.8. The first-order valence-electron chi connectivity index (χ1n) is 4.51. The minimum atomic E-state index is 0.0672. The molecule has 0 bridgehead atoms. The molecule has 1 aromatic heterocycles. The van der Waals surface area contributed by atoms with E-state index in [2.05, 4.69) is 25.9 Å². The Labute approximate surface area is 95.6 Å². The van der Waals surface area contributed by atoms with E-state index in [0.29, 0.717) is 24.7 Å². The fourth-order valence-corrected chi connectivity index (χ4v) is 2.04. The Morgan fingerprint density at radius 2 is 2.40 bits per heavy atom. The van der Waals surface area contributed by atoms with E-state index in [1.54, 1.807) is 11.0 Å². The molecule has 0 radical (unpaired) electrons. The average molecular weight is 272 g/mol. The van der Waals surface area contributed by atoms with E-state index in [9.17, 15) is 4.79 Å². The van der Waals surface area contributed by atoms with Gasteiger partial charge < -0.3 is 4.74 Å². The van der Waals surface area contributed by atoms with Crippen molar-refractivity contribution in [3.8, 4) is 5.88 Å². The number of alkyl halides is 1. The maximum absolute atomic E-state index is 11.6. The summed E-state index contributed by atoms with van der Waals surface area (Å²) in [5.41, 5.74) is 0. The third kappa shape index (κ3) is 2.09. The highest BCUT2D eigenvalue weighted by Crippen LogP contribution is 2.24. The molecule has 1 amide bonds. The zero-order valence-corrected chi connectivity index (χ0v) is 9.77. The molecule has 1 unspecified atom stereocenters. The SMILES string of the molecule is COc1cc(N2CC(Br)CC2=O)ncn1. The standard InChI is InChI=1S/C9H10BrN3O2/c1-15-8-3-7(11-5-12-8)13-4-6(10)2-9(13)14/h3,5-6H,2,4H2,1H3. The predicted octanol–water partition coefficient (Wildman–Crippen LogP) is 0.985. The van der Waals surface area contributed by atoms with Crippen molar-refractivity contribution in [3.05, 3.63) is 12.4 Å². The molecule has 80 valence electrons. The number of halogens is 1. The van der Waals surface area contributed by atoms with Crippen LogP contribution >= 0.6 is 15.9 Å². The van der Waals surface area contributed by atoms with Gasteiger partial charge in [-0.1, -0.05) is 15.9 Å². The van der Waals surface area contributed by atoms with Crippen molar-refractivity contribution in [2.75, 3.05) is 18.6 Å². The molecule has 1 aliphatic heterocycles. The quantitative estimate of drug-likeness (QED) is 0.753. The molecule has 0 saturated carbocycles. The molecule has 0 aromatic carbocycles. The van der Waals surface area contributed by atoms with Crippen LogP contribution in [0.5, 0.6) is 5.88 Å². The lowest BCUT2D eigenvalue weighted by atomic mass is 10.4. The number of ether oxygens (including phenoxy) is 1. The number of carbonyl (C=O) groups is 1. The highest BCUT2D eigenvalue weighted by molar-refractivity contribution is 9.09. The maximum atomic E-state index is 11.6. The van der Waals surface area contributed by atoms with Gasteiger partial charge in [0.25, 0.3) is 0 Å². The van der Waals surface area contributed by atoms with Gasteiger partial charge in [-0.2, -0.15) is 0 Å². The molecular formula is C9H10BrN3O2. The summed E-state index contributed by atoms with van der Waals surface area (Å²) in [5.74, 6) is 1.12. The highest BCUT2D eigenvalue weighted by Gasteiger charge is 2.29. The first kappa shape index (κ1) is 10.4. The smallest absolute Gasteiger partial charge is 0.229 e. The van der Waals surface area contributed by atoms with Gasteiger partial charge in [-0.15, -0.1) is 0 Å². The topological polar surface area (TPSA) is 55.3 Å². The van der Waals surface area contributed by atoms with E-state index < -0.39 is 0 Å². The van der Waals surface area contributed by atoms with Crippen LogP contribution in [0.4, 0.5) is 5.82 Å². The van der Waals surface area contributed by atoms with Crippen molar-refractivity contribution in [1.29, 1.82) is 0 Å². The van der Waals surface area contributed by atoms with Crippen LogP contribution in [0.3, 0.4) is 0 Å². The van der Waals surface area contributed by atoms with E-state index in [-0.39, 0.29) is 10.7 Å². The first-order valence-corrected chi connectivity index (χ1v) is 5.42. The first-order chi connectivity index (χ1) is 7.20. The lowest BCUT2D eigenvalue weighted by Crippen LogP contribution is -2.25. The predicted molar refractivity (Wildman–Crippen MR) is 58.3 cm³/mol. The van der Waals surface area contributed by atoms with Crippen molar-refractivity contribution in [2.24, 2.45) is 0 Å². The molecule has 2 rings (SSSR count). The van der Waals surface area contributed by atoms with Gasteiger partial charge in [0.15, 0.2) is 0 Å². The van der Waals surface area contributed by atoms with Crippen molar-refractivity contribution in [3.63, 3.8) is 0 Å². The van der Waals surface area contributed by atoms with Crippen LogP contribution in [0.15, 0.2) is 12.4 Å². The fraction of sp³-hybridized carbons (Fsp3) is 0.444. The van der Waals surface area contributed by atoms with E-state index in [4.69, 9.17) is 4.74 Å². The van der Waals surface area contributed by atoms with Crippen molar-refractivity contribution < 1.29 is 9.53 Å². The Bertz CT molecular complexity index is 385. The summed E-state index contributed by atoms with van der Waals surface area (Å²) in [6.45, 7) is 0.638. The number of hydrogen-bond donors (Lipinski definition) is 0. The van der Waals surface area contributed by atoms with Gasteiger partial charge in [-0.3, -0.25) is 9.69 Å². The van der Waals surface area contributed by atoms with Crippen molar-refractivity contribution in [1.82, 2.24) is 9.97 Å². The third-order valence-corrected chi connectivity index (χ3v) is 2.80. The lowest BCUT2D eigenvalue weighted by molar-refractivity contribution is -0.117. The van der Waals surface area contributed by atoms with Crippen molar-refractivity contribution in [2.45, 2.75) is 11.2 Å². The number of aromatic nitrogens is 2. The highest BCUT2D eigenvalue weighted by atomic mass is 79.9. The minimum Gasteiger partial charge on any atom is -0.481 e. The van der Waals surface area contributed by atoms with Gasteiger partial charge in [-0.25, -0.2) is 9.97 Å². The van der Waals surface area contributed by atoms with Gasteiger partial charge in [0, 0.05) is 23.9 Å². The Morgan fingerprint density at radius 1 is 1.60 bits per heavy atom. The number of hydrogen-bond acceptors (Lipinski definition) is 4. The second-order valence-electron chi connectivity index (χ2n) is 3.22. The summed E-state index contributed by atoms with van der Waals surface area (Å²) < 4.78 is 4.98. The summed E-state index contributed by atoms with van der Waals surface area (Å²) in [7, 11) is 1.53. The second kappa shape index (κ2) is 4.14. The zero-order valence-electron chi connectivity index (χ0n) is 8.18. The maximum Gasteiger partial charge on any atom is 0.229 e. The van der Waals surface area contributed by atoms with Crippen LogP contribution in [0.25, 0.3) is 0 Å². The van der Waals surface area contributed by atoms with Crippen LogP contribution < -0.4 is 9.64 Å². The summed E-state index contributed by atoms with van der Waals surface area (Å²) in [4.78, 5) is 21.3. The Hall–Kier alpha value is -1.17. The van der Waals surface area contributed by atoms with Crippen LogP contribution in [0.2, 0.25) is 0 Å². The molecule has 15 heavy (non-hydrogen) atoms. The number of methoxy groups -OCH3 is 1. The molecule has 6 heteroatoms. The van der Waals surface area contributed by atoms with E-state index in [0.717, 1.165) is 0 Å². The largest absolute Gasteiger partial charge is 0.481 e. The van der Waals surface area contributed by atoms with Gasteiger partial charge in [0.1, 0.15) is 12.1 Å². The molecule has 0 N–H and O–H groups in total. The van der Waals surface area contributed by atoms with E-state index >= 15 is 0 Å². The number of amides is 1. The Kier molecular flexibility index (Phi) is 2.86. The molecule has 1 saturated heterocycles. The number of rotatable bonds is 2. The minimum absolute atomic E-state index is 0.0672. The summed E-state index contributed by atoms with van der Waals surface area (Å²) >= 11 is 3.41. The molecule has 1 atom stereocenters. The second-order valence-corrected chi connectivity index (χ2v) is 4.52. The molecule has 0 spiro atoms. The molecule has 0 aliphatic carbocycles. The average Bonchev–Trinajstić information content (AvgIpc) is 2.58. The number of anilines is 1. The summed E-state index contributed by atoms with van der Waals surface area (Å²) in [6, 6.07) is 1.66. The molecule has 5 nitrogen and oxygen atoms in total. The molecule has 2 heterocycles. The van der Waals surface area contributed by atoms with Crippen LogP contribution in [-0.4, -0.2) is 34.4 Å². The van der Waals surface area contributed by atoms with Gasteiger partial charge in [0.05, 0.1) is 7.11 Å². The normalized spacial score (nSPS) is 20.8. The van der Waals surface area contributed by atoms with E-state index in [1.165, 1.54) is 13.4 Å². The fourth-order valence-electron chi connectivity index (χ4n) is 1.47. The van der Waals surface area contributed by atoms with Crippen LogP contribution in [0, 0.1) is 0 Å². The third-order valence-electron chi connectivity index (χ3n) is 2.19. The molecule has 1 aromatic rings. The number of nitrogens with zero attached hydrogens (tertiary/aromatic N) is 3. The van der Waals surface area contributed by atoms with Crippen LogP contribution in [0.1, 0.15) is 6.42 Å². The number of carbonyl (C=O) groups excluding carboxylic acids is 1. The lowest BCUT2D eigenvalue weighted by Gasteiger charge is -2.14. The van der Waals surface area contributed by atoms with E-state index in [1.807, 2.05) is 0 Å². The van der Waals surface area contributed by atoms with Gasteiger partial charge in [-0.05, 0) is 0 Å². The Balaban J connectivity index is 2.25. The van der Waals surface area contributed by atoms with Crippen molar-refractivity contribution >= 4 is 27.7 Å². The molecule has 1 aliphatic rings. The molecule has 1 fully saturated rings.